The molecule has 2 aromatic rings. The van der Waals surface area contributed by atoms with Gasteiger partial charge in [-0.15, -0.1) is 0 Å². The topological polar surface area (TPSA) is 39.6 Å². The van der Waals surface area contributed by atoms with Crippen LogP contribution in [-0.2, 0) is 12.0 Å². The Morgan fingerprint density at radius 3 is 2.81 bits per heavy atom. The minimum absolute atomic E-state index is 0.105. The van der Waals surface area contributed by atoms with Gasteiger partial charge in [0.2, 0.25) is 0 Å². The Morgan fingerprint density at radius 1 is 1.15 bits per heavy atom. The Labute approximate surface area is 156 Å². The van der Waals surface area contributed by atoms with Crippen molar-refractivity contribution >= 4 is 0 Å². The zero-order chi connectivity index (χ0) is 18.1. The Morgan fingerprint density at radius 2 is 2.04 bits per heavy atom. The first-order valence-corrected chi connectivity index (χ1v) is 9.70. The van der Waals surface area contributed by atoms with E-state index < -0.39 is 0 Å². The molecule has 2 aliphatic rings. The third-order valence-electron chi connectivity index (χ3n) is 6.56. The minimum Gasteiger partial charge on any atom is -0.508 e. The van der Waals surface area contributed by atoms with Crippen molar-refractivity contribution in [2.45, 2.75) is 38.3 Å². The number of benzene rings is 1. The van der Waals surface area contributed by atoms with E-state index in [4.69, 9.17) is 0 Å². The van der Waals surface area contributed by atoms with Gasteiger partial charge in [-0.25, -0.2) is 0 Å². The van der Waals surface area contributed by atoms with Crippen molar-refractivity contribution in [3.8, 4) is 5.75 Å². The van der Waals surface area contributed by atoms with E-state index in [1.54, 1.807) is 6.07 Å². The summed E-state index contributed by atoms with van der Waals surface area (Å²) in [5.74, 6) is 0.946. The van der Waals surface area contributed by atoms with Crippen LogP contribution in [0.5, 0.6) is 5.75 Å². The van der Waals surface area contributed by atoms with Crippen molar-refractivity contribution in [2.24, 2.45) is 5.92 Å². The maximum Gasteiger partial charge on any atom is 0.115 e. The second-order valence-electron chi connectivity index (χ2n) is 8.28. The number of phenolic OH excluding ortho intramolecular Hbond substituents is 1. The Kier molecular flexibility index (Phi) is 4.72. The molecule has 0 aliphatic carbocycles. The third-order valence-corrected chi connectivity index (χ3v) is 6.56. The van der Waals surface area contributed by atoms with Gasteiger partial charge in [0.15, 0.2) is 0 Å². The number of aromatic hydroxyl groups is 1. The number of nitrogens with zero attached hydrogens (tertiary/aromatic N) is 3. The van der Waals surface area contributed by atoms with Crippen LogP contribution >= 0.6 is 0 Å². The van der Waals surface area contributed by atoms with E-state index in [-0.39, 0.29) is 5.41 Å². The first-order chi connectivity index (χ1) is 12.5. The van der Waals surface area contributed by atoms with Crippen LogP contribution in [0.15, 0.2) is 48.7 Å². The zero-order valence-electron chi connectivity index (χ0n) is 15.8. The highest BCUT2D eigenvalue weighted by Gasteiger charge is 2.44. The summed E-state index contributed by atoms with van der Waals surface area (Å²) < 4.78 is 0. The highest BCUT2D eigenvalue weighted by Crippen LogP contribution is 2.43. The van der Waals surface area contributed by atoms with E-state index >= 15 is 0 Å². The highest BCUT2D eigenvalue weighted by atomic mass is 16.3. The van der Waals surface area contributed by atoms with Gasteiger partial charge >= 0.3 is 0 Å². The predicted octanol–water partition coefficient (Wildman–Crippen LogP) is 3.27. The van der Waals surface area contributed by atoms with Gasteiger partial charge in [-0.05, 0) is 47.6 Å². The quantitative estimate of drug-likeness (QED) is 0.921. The molecule has 3 heterocycles. The zero-order valence-corrected chi connectivity index (χ0v) is 15.8. The van der Waals surface area contributed by atoms with Crippen LogP contribution in [0.2, 0.25) is 0 Å². The third kappa shape index (κ3) is 3.36. The molecule has 1 N–H and O–H groups in total. The molecule has 26 heavy (non-hydrogen) atoms. The van der Waals surface area contributed by atoms with Crippen LogP contribution in [0.25, 0.3) is 0 Å². The Bertz CT molecular complexity index is 750. The molecule has 1 aromatic heterocycles. The van der Waals surface area contributed by atoms with E-state index in [0.717, 1.165) is 44.8 Å². The molecule has 3 unspecified atom stereocenters. The molecule has 0 amide bonds. The molecule has 0 bridgehead atoms. The summed E-state index contributed by atoms with van der Waals surface area (Å²) in [6.45, 7) is 10.2. The molecular weight excluding hydrogens is 322 g/mol. The largest absolute Gasteiger partial charge is 0.508 e. The van der Waals surface area contributed by atoms with Crippen molar-refractivity contribution < 1.29 is 5.11 Å². The Balaban J connectivity index is 1.50. The number of pyridine rings is 1. The van der Waals surface area contributed by atoms with Crippen molar-refractivity contribution in [1.29, 1.82) is 0 Å². The second-order valence-corrected chi connectivity index (χ2v) is 8.28. The lowest BCUT2D eigenvalue weighted by atomic mass is 9.65. The lowest BCUT2D eigenvalue weighted by molar-refractivity contribution is -0.00589. The second kappa shape index (κ2) is 7.01. The normalized spacial score (nSPS) is 30.1. The molecule has 138 valence electrons. The number of piperazine rings is 1. The molecule has 4 nitrogen and oxygen atoms in total. The molecule has 0 spiro atoms. The lowest BCUT2D eigenvalue weighted by Crippen LogP contribution is -2.60. The van der Waals surface area contributed by atoms with Gasteiger partial charge in [0.25, 0.3) is 0 Å². The number of phenols is 1. The number of rotatable bonds is 3. The summed E-state index contributed by atoms with van der Waals surface area (Å²) in [7, 11) is 0. The summed E-state index contributed by atoms with van der Waals surface area (Å²) in [6, 6.07) is 14.6. The monoisotopic (exact) mass is 351 g/mol. The smallest absolute Gasteiger partial charge is 0.115 e. The Hall–Kier alpha value is -1.91. The van der Waals surface area contributed by atoms with Gasteiger partial charge in [-0.1, -0.05) is 32.0 Å². The molecular formula is C22H29N3O. The van der Waals surface area contributed by atoms with Gasteiger partial charge in [0.05, 0.1) is 5.69 Å². The average molecular weight is 351 g/mol. The standard InChI is InChI=1S/C22H29N3O/c1-17-14-25-11-10-24(15-19-7-3-4-9-23-19)16-20(25)13-22(17,2)18-6-5-8-21(26)12-18/h3-9,12,17,20,26H,10-11,13-16H2,1-2H3. The summed E-state index contributed by atoms with van der Waals surface area (Å²) in [6.07, 6.45) is 3.02. The maximum atomic E-state index is 9.96. The number of fused-ring (bicyclic) bond motifs is 1. The number of hydrogen-bond acceptors (Lipinski definition) is 4. The number of piperidine rings is 1. The first-order valence-electron chi connectivity index (χ1n) is 9.70. The van der Waals surface area contributed by atoms with E-state index in [9.17, 15) is 5.11 Å². The molecule has 0 radical (unpaired) electrons. The summed E-state index contributed by atoms with van der Waals surface area (Å²) in [5, 5.41) is 9.96. The molecule has 2 aliphatic heterocycles. The molecule has 2 fully saturated rings. The number of aromatic nitrogens is 1. The van der Waals surface area contributed by atoms with Crippen LogP contribution in [0.4, 0.5) is 0 Å². The van der Waals surface area contributed by atoms with Crippen LogP contribution < -0.4 is 0 Å². The predicted molar refractivity (Wildman–Crippen MR) is 104 cm³/mol. The summed E-state index contributed by atoms with van der Waals surface area (Å²) in [4.78, 5) is 9.71. The van der Waals surface area contributed by atoms with E-state index in [2.05, 4.69) is 46.8 Å². The first kappa shape index (κ1) is 17.5. The highest BCUT2D eigenvalue weighted by molar-refractivity contribution is 5.34. The van der Waals surface area contributed by atoms with E-state index in [1.165, 1.54) is 5.56 Å². The van der Waals surface area contributed by atoms with Crippen molar-refractivity contribution in [3.05, 3.63) is 59.9 Å². The SMILES string of the molecule is CC1CN2CCN(Cc3ccccn3)CC2CC1(C)c1cccc(O)c1. The summed E-state index contributed by atoms with van der Waals surface area (Å²) >= 11 is 0. The van der Waals surface area contributed by atoms with Crippen LogP contribution in [0.3, 0.4) is 0 Å². The van der Waals surface area contributed by atoms with Gasteiger partial charge in [0, 0.05) is 45.0 Å². The van der Waals surface area contributed by atoms with Gasteiger partial charge < -0.3 is 5.11 Å². The van der Waals surface area contributed by atoms with E-state index in [0.29, 0.717) is 17.7 Å². The summed E-state index contributed by atoms with van der Waals surface area (Å²) in [5.41, 5.74) is 2.53. The molecule has 3 atom stereocenters. The van der Waals surface area contributed by atoms with Crippen LogP contribution in [0.1, 0.15) is 31.5 Å². The molecule has 4 heteroatoms. The maximum absolute atomic E-state index is 9.96. The molecule has 1 aromatic carbocycles. The lowest BCUT2D eigenvalue weighted by Gasteiger charge is -2.53. The fourth-order valence-electron chi connectivity index (χ4n) is 4.76. The van der Waals surface area contributed by atoms with Crippen LogP contribution in [-0.4, -0.2) is 52.1 Å². The van der Waals surface area contributed by atoms with Gasteiger partial charge in [0.1, 0.15) is 5.75 Å². The minimum atomic E-state index is 0.105. The number of hydrogen-bond donors (Lipinski definition) is 1. The van der Waals surface area contributed by atoms with Crippen molar-refractivity contribution in [2.75, 3.05) is 26.2 Å². The average Bonchev–Trinajstić information content (AvgIpc) is 2.64. The van der Waals surface area contributed by atoms with E-state index in [1.807, 2.05) is 24.4 Å². The molecule has 2 saturated heterocycles. The molecule has 4 rings (SSSR count). The fourth-order valence-corrected chi connectivity index (χ4v) is 4.76. The van der Waals surface area contributed by atoms with Gasteiger partial charge in [-0.2, -0.15) is 0 Å². The van der Waals surface area contributed by atoms with Gasteiger partial charge in [-0.3, -0.25) is 14.8 Å². The fraction of sp³-hybridized carbons (Fsp3) is 0.500. The van der Waals surface area contributed by atoms with Crippen molar-refractivity contribution in [1.82, 2.24) is 14.8 Å². The molecule has 0 saturated carbocycles. The van der Waals surface area contributed by atoms with Crippen LogP contribution in [0, 0.1) is 5.92 Å². The van der Waals surface area contributed by atoms with Crippen molar-refractivity contribution in [3.63, 3.8) is 0 Å².